The number of carbonyl (C=O) groups excluding carboxylic acids is 4. The molecule has 108 heavy (non-hydrogen) atoms. The molecule has 0 aromatic carbocycles. The largest absolute Gasteiger partial charge is 0.472 e. The SMILES string of the molecule is CC/C=C\C/C=C\C/C=C\C/C=C\C/C=C\C/C=C\CCC(=O)OCC(COP(=O)(O)OCC(O)COP(=O)(O)OCC(COC(=O)CCC/C=C\C/C=C\C/C=C\C/C=C\C/C=C\CC)OC(=O)CCCCCCC/C=C\CCCCCC)OC(=O)CCCCC/C=C\C/C=C\C/C=C\C/C=C\C/C=C\CC. The maximum absolute atomic E-state index is 13.1. The summed E-state index contributed by atoms with van der Waals surface area (Å²) in [5.74, 6) is -2.41. The maximum Gasteiger partial charge on any atom is 0.472 e. The van der Waals surface area contributed by atoms with Gasteiger partial charge in [-0.3, -0.25) is 37.3 Å². The summed E-state index contributed by atoms with van der Waals surface area (Å²) in [6.07, 6.45) is 98.3. The first-order valence-electron chi connectivity index (χ1n) is 40.3. The Morgan fingerprint density at radius 3 is 0.843 bits per heavy atom. The number of aliphatic hydroxyl groups excluding tert-OH is 1. The number of allylic oxidation sites excluding steroid dienone is 34. The van der Waals surface area contributed by atoms with E-state index in [1.54, 1.807) is 0 Å². The molecule has 0 aliphatic heterocycles. The van der Waals surface area contributed by atoms with Crippen molar-refractivity contribution in [3.63, 3.8) is 0 Å². The predicted octanol–water partition coefficient (Wildman–Crippen LogP) is 23.9. The van der Waals surface area contributed by atoms with Gasteiger partial charge in [-0.25, -0.2) is 9.13 Å². The molecule has 17 nitrogen and oxygen atoms in total. The molecule has 19 heteroatoms. The van der Waals surface area contributed by atoms with Gasteiger partial charge in [0, 0.05) is 25.7 Å². The molecule has 0 rings (SSSR count). The number of aliphatic hydroxyl groups is 1. The maximum atomic E-state index is 13.1. The Labute approximate surface area is 652 Å². The Hall–Kier alpha value is -6.36. The van der Waals surface area contributed by atoms with Crippen LogP contribution in [0.4, 0.5) is 0 Å². The summed E-state index contributed by atoms with van der Waals surface area (Å²) < 4.78 is 68.5. The summed E-state index contributed by atoms with van der Waals surface area (Å²) in [5, 5.41) is 10.6. The van der Waals surface area contributed by atoms with Gasteiger partial charge >= 0.3 is 39.5 Å². The zero-order valence-electron chi connectivity index (χ0n) is 66.4. The highest BCUT2D eigenvalue weighted by atomic mass is 31.2. The highest BCUT2D eigenvalue weighted by Gasteiger charge is 2.30. The van der Waals surface area contributed by atoms with Crippen LogP contribution in [0.1, 0.15) is 272 Å². The van der Waals surface area contributed by atoms with Crippen LogP contribution in [0, 0.1) is 0 Å². The molecular weight excluding hydrogens is 1400 g/mol. The van der Waals surface area contributed by atoms with E-state index in [-0.39, 0.29) is 25.7 Å². The molecule has 0 saturated carbocycles. The summed E-state index contributed by atoms with van der Waals surface area (Å²) >= 11 is 0. The third-order valence-electron chi connectivity index (χ3n) is 15.7. The molecule has 0 bridgehead atoms. The van der Waals surface area contributed by atoms with Crippen molar-refractivity contribution in [3.05, 3.63) is 207 Å². The standard InChI is InChI=1S/C89H140O17P2/c1-5-9-13-17-21-25-29-33-36-39-41-44-47-51-54-58-62-66-70-74-87(92)100-80-85(106-89(94)76-72-68-64-60-56-52-48-45-42-40-37-34-30-26-22-18-14-10-6-2)82-104-108(97,98)102-78-83(90)77-101-107(95,96)103-81-84(105-88(93)75-71-67-63-59-55-49-32-28-24-20-16-12-8-4)79-99-86(91)73-69-65-61-57-53-50-46-43-38-35-31-27-23-19-15-11-7-3/h9-11,13-15,21-23,25-28,32-38,41-42,44-46,50-52,54,56-57,61-62,66,83-85,90H,5-8,12,16-20,24,29-31,39-40,43,47-49,53,55,58-60,63-65,67-82H2,1-4H3,(H,95,96)(H,97,98)/b13-9-,14-10-,15-11-,25-21-,26-22-,27-23-,32-28-,36-33-,37-34-,38-35-,44-41-,45-42-,50-46-,54-51-,56-52-,61-57-,66-62-. The highest BCUT2D eigenvalue weighted by molar-refractivity contribution is 7.47. The van der Waals surface area contributed by atoms with Crippen molar-refractivity contribution in [1.82, 2.24) is 0 Å². The number of hydrogen-bond acceptors (Lipinski definition) is 15. The van der Waals surface area contributed by atoms with E-state index in [2.05, 4.69) is 204 Å². The number of rotatable bonds is 73. The van der Waals surface area contributed by atoms with Crippen LogP contribution in [0.2, 0.25) is 0 Å². The molecule has 0 amide bonds. The Balaban J connectivity index is 5.55. The number of hydrogen-bond donors (Lipinski definition) is 3. The molecule has 0 saturated heterocycles. The Morgan fingerprint density at radius 1 is 0.269 bits per heavy atom. The van der Waals surface area contributed by atoms with E-state index in [0.717, 1.165) is 154 Å². The minimum Gasteiger partial charge on any atom is -0.462 e. The monoisotopic (exact) mass is 1540 g/mol. The lowest BCUT2D eigenvalue weighted by Crippen LogP contribution is -2.30. The first-order valence-corrected chi connectivity index (χ1v) is 43.3. The Kier molecular flexibility index (Phi) is 74.1. The quantitative estimate of drug-likeness (QED) is 0.0169. The van der Waals surface area contributed by atoms with Crippen molar-refractivity contribution >= 4 is 39.5 Å². The Morgan fingerprint density at radius 2 is 0.509 bits per heavy atom. The zero-order valence-corrected chi connectivity index (χ0v) is 68.2. The molecule has 0 spiro atoms. The molecule has 0 aliphatic carbocycles. The first kappa shape index (κ1) is 102. The number of phosphoric ester groups is 2. The molecule has 0 aliphatic rings. The molecule has 0 aromatic rings. The normalized spacial score (nSPS) is 14.9. The van der Waals surface area contributed by atoms with Crippen LogP contribution in [-0.4, -0.2) is 96.7 Å². The van der Waals surface area contributed by atoms with E-state index < -0.39 is 97.5 Å². The predicted molar refractivity (Wildman–Crippen MR) is 445 cm³/mol. The summed E-state index contributed by atoms with van der Waals surface area (Å²) in [4.78, 5) is 73.0. The first-order chi connectivity index (χ1) is 52.7. The number of unbranched alkanes of at least 4 members (excludes halogenated alkanes) is 13. The van der Waals surface area contributed by atoms with Crippen molar-refractivity contribution in [2.24, 2.45) is 0 Å². The van der Waals surface area contributed by atoms with Crippen molar-refractivity contribution in [2.75, 3.05) is 39.6 Å². The van der Waals surface area contributed by atoms with Gasteiger partial charge in [0.1, 0.15) is 19.3 Å². The minimum absolute atomic E-state index is 0.0184. The molecular formula is C89H140O17P2. The third-order valence-corrected chi connectivity index (χ3v) is 17.6. The average Bonchev–Trinajstić information content (AvgIpc) is 0.892. The summed E-state index contributed by atoms with van der Waals surface area (Å²) in [7, 11) is -10.0. The van der Waals surface area contributed by atoms with Crippen LogP contribution in [0.3, 0.4) is 0 Å². The Bertz CT molecular complexity index is 2860. The van der Waals surface area contributed by atoms with E-state index in [4.69, 9.17) is 37.0 Å². The minimum atomic E-state index is -5.02. The van der Waals surface area contributed by atoms with Crippen molar-refractivity contribution in [3.8, 4) is 0 Å². The van der Waals surface area contributed by atoms with Gasteiger partial charge in [-0.15, -0.1) is 0 Å². The van der Waals surface area contributed by atoms with Crippen LogP contribution >= 0.6 is 15.6 Å². The van der Waals surface area contributed by atoms with Gasteiger partial charge in [0.25, 0.3) is 0 Å². The van der Waals surface area contributed by atoms with Crippen LogP contribution in [-0.2, 0) is 65.4 Å². The van der Waals surface area contributed by atoms with E-state index >= 15 is 0 Å². The second-order valence-electron chi connectivity index (χ2n) is 25.9. The number of phosphoric acid groups is 2. The summed E-state index contributed by atoms with van der Waals surface area (Å²) in [5.41, 5.74) is 0. The van der Waals surface area contributed by atoms with Gasteiger partial charge in [-0.05, 0) is 173 Å². The smallest absolute Gasteiger partial charge is 0.462 e. The second kappa shape index (κ2) is 78.8. The lowest BCUT2D eigenvalue weighted by Gasteiger charge is -2.21. The molecule has 0 heterocycles. The van der Waals surface area contributed by atoms with Crippen LogP contribution in [0.15, 0.2) is 207 Å². The van der Waals surface area contributed by atoms with Gasteiger partial charge in [-0.2, -0.15) is 0 Å². The average molecular weight is 1540 g/mol. The van der Waals surface area contributed by atoms with E-state index in [9.17, 15) is 43.2 Å². The summed E-state index contributed by atoms with van der Waals surface area (Å²) in [6.45, 7) is 4.28. The molecule has 5 atom stereocenters. The van der Waals surface area contributed by atoms with Gasteiger partial charge in [0.15, 0.2) is 12.2 Å². The second-order valence-corrected chi connectivity index (χ2v) is 28.8. The highest BCUT2D eigenvalue weighted by Crippen LogP contribution is 2.45. The third kappa shape index (κ3) is 77.8. The molecule has 5 unspecified atom stereocenters. The van der Waals surface area contributed by atoms with Gasteiger partial charge in [0.2, 0.25) is 0 Å². The molecule has 0 fully saturated rings. The van der Waals surface area contributed by atoms with Crippen LogP contribution < -0.4 is 0 Å². The van der Waals surface area contributed by atoms with Gasteiger partial charge in [-0.1, -0.05) is 279 Å². The van der Waals surface area contributed by atoms with E-state index in [1.165, 1.54) is 25.7 Å². The van der Waals surface area contributed by atoms with Gasteiger partial charge < -0.3 is 33.8 Å². The fourth-order valence-corrected chi connectivity index (χ4v) is 11.3. The fraction of sp³-hybridized carbons (Fsp3) is 0.573. The van der Waals surface area contributed by atoms with Gasteiger partial charge in [0.05, 0.1) is 26.4 Å². The lowest BCUT2D eigenvalue weighted by molar-refractivity contribution is -0.161. The molecule has 608 valence electrons. The molecule has 0 aromatic heterocycles. The van der Waals surface area contributed by atoms with Crippen LogP contribution in [0.5, 0.6) is 0 Å². The fourth-order valence-electron chi connectivity index (χ4n) is 9.71. The van der Waals surface area contributed by atoms with Crippen molar-refractivity contribution in [1.29, 1.82) is 0 Å². The zero-order chi connectivity index (χ0) is 78.9. The number of esters is 4. The van der Waals surface area contributed by atoms with E-state index in [1.807, 2.05) is 30.4 Å². The van der Waals surface area contributed by atoms with E-state index in [0.29, 0.717) is 38.5 Å². The lowest BCUT2D eigenvalue weighted by atomic mass is 10.1. The molecule has 3 N–H and O–H groups in total. The molecule has 0 radical (unpaired) electrons. The van der Waals surface area contributed by atoms with Crippen molar-refractivity contribution < 1.29 is 80.2 Å². The summed E-state index contributed by atoms with van der Waals surface area (Å²) in [6, 6.07) is 0. The van der Waals surface area contributed by atoms with Crippen LogP contribution in [0.25, 0.3) is 0 Å². The number of ether oxygens (including phenoxy) is 4. The number of carbonyl (C=O) groups is 4. The van der Waals surface area contributed by atoms with Crippen molar-refractivity contribution in [2.45, 2.75) is 290 Å². The topological polar surface area (TPSA) is 237 Å².